The monoisotopic (exact) mass is 298 g/mol. The first kappa shape index (κ1) is 15.6. The fourth-order valence-corrected chi connectivity index (χ4v) is 3.75. The summed E-state index contributed by atoms with van der Waals surface area (Å²) < 4.78 is 25.8. The summed E-state index contributed by atoms with van der Waals surface area (Å²) in [5.41, 5.74) is 2.73. The molecule has 2 rings (SSSR count). The standard InChI is InChI=1S/C15H26N2O2S/c1-12(2)20(18,19)9-8-17-10-13-6-4-5-7-15(16-3)14(13)11-17/h10-12,15-16H,4-9H2,1-3H3. The van der Waals surface area contributed by atoms with E-state index in [1.807, 2.05) is 7.05 Å². The van der Waals surface area contributed by atoms with Crippen LogP contribution in [0.4, 0.5) is 0 Å². The number of hydrogen-bond donors (Lipinski definition) is 1. The van der Waals surface area contributed by atoms with Crippen LogP contribution in [0.25, 0.3) is 0 Å². The smallest absolute Gasteiger partial charge is 0.154 e. The molecule has 1 atom stereocenters. The third kappa shape index (κ3) is 3.44. The molecule has 20 heavy (non-hydrogen) atoms. The fourth-order valence-electron chi connectivity index (χ4n) is 2.81. The molecule has 4 nitrogen and oxygen atoms in total. The maximum atomic E-state index is 11.9. The second-order valence-electron chi connectivity index (χ2n) is 5.98. The van der Waals surface area contributed by atoms with Crippen LogP contribution in [0.3, 0.4) is 0 Å². The van der Waals surface area contributed by atoms with Crippen LogP contribution < -0.4 is 5.32 Å². The van der Waals surface area contributed by atoms with Crippen molar-refractivity contribution in [1.82, 2.24) is 9.88 Å². The minimum absolute atomic E-state index is 0.225. The number of aromatic nitrogens is 1. The molecule has 1 aliphatic rings. The first-order valence-corrected chi connectivity index (χ1v) is 9.23. The maximum Gasteiger partial charge on any atom is 0.154 e. The SMILES string of the molecule is CNC1CCCCc2cn(CCS(=O)(=O)C(C)C)cc21. The van der Waals surface area contributed by atoms with Gasteiger partial charge in [-0.05, 0) is 51.3 Å². The Balaban J connectivity index is 2.12. The number of sulfone groups is 1. The van der Waals surface area contributed by atoms with E-state index >= 15 is 0 Å². The Bertz CT molecular complexity index is 546. The highest BCUT2D eigenvalue weighted by atomic mass is 32.2. The Kier molecular flexibility index (Phi) is 4.91. The lowest BCUT2D eigenvalue weighted by Crippen LogP contribution is -2.20. The van der Waals surface area contributed by atoms with Crippen molar-refractivity contribution in [1.29, 1.82) is 0 Å². The van der Waals surface area contributed by atoms with Crippen LogP contribution >= 0.6 is 0 Å². The van der Waals surface area contributed by atoms with E-state index < -0.39 is 9.84 Å². The number of rotatable bonds is 5. The van der Waals surface area contributed by atoms with Crippen LogP contribution in [-0.4, -0.2) is 31.0 Å². The van der Waals surface area contributed by atoms with Crippen molar-refractivity contribution in [3.05, 3.63) is 23.5 Å². The maximum absolute atomic E-state index is 11.9. The van der Waals surface area contributed by atoms with Crippen LogP contribution in [0.5, 0.6) is 0 Å². The van der Waals surface area contributed by atoms with Crippen molar-refractivity contribution in [2.75, 3.05) is 12.8 Å². The van der Waals surface area contributed by atoms with E-state index in [2.05, 4.69) is 22.3 Å². The van der Waals surface area contributed by atoms with Crippen molar-refractivity contribution in [3.8, 4) is 0 Å². The van der Waals surface area contributed by atoms with Gasteiger partial charge in [0.15, 0.2) is 9.84 Å². The van der Waals surface area contributed by atoms with Gasteiger partial charge in [-0.3, -0.25) is 0 Å². The predicted octanol–water partition coefficient (Wildman–Crippen LogP) is 2.30. The van der Waals surface area contributed by atoms with Crippen molar-refractivity contribution in [2.45, 2.75) is 57.4 Å². The highest BCUT2D eigenvalue weighted by molar-refractivity contribution is 7.91. The molecule has 0 aliphatic heterocycles. The summed E-state index contributed by atoms with van der Waals surface area (Å²) in [5, 5.41) is 3.08. The molecule has 114 valence electrons. The molecular formula is C15H26N2O2S. The molecule has 0 bridgehead atoms. The summed E-state index contributed by atoms with van der Waals surface area (Å²) in [5.74, 6) is 0.225. The molecule has 0 saturated heterocycles. The fraction of sp³-hybridized carbons (Fsp3) is 0.733. The van der Waals surface area contributed by atoms with Crippen molar-refractivity contribution < 1.29 is 8.42 Å². The lowest BCUT2D eigenvalue weighted by molar-refractivity contribution is 0.530. The molecule has 0 aromatic carbocycles. The van der Waals surface area contributed by atoms with Crippen molar-refractivity contribution in [2.24, 2.45) is 0 Å². The lowest BCUT2D eigenvalue weighted by atomic mass is 10.1. The Morgan fingerprint density at radius 3 is 2.75 bits per heavy atom. The summed E-state index contributed by atoms with van der Waals surface area (Å²) in [6.07, 6.45) is 9.02. The second kappa shape index (κ2) is 6.31. The van der Waals surface area contributed by atoms with E-state index in [1.165, 1.54) is 24.0 Å². The number of fused-ring (bicyclic) bond motifs is 1. The topological polar surface area (TPSA) is 51.1 Å². The highest BCUT2D eigenvalue weighted by Gasteiger charge is 2.20. The average molecular weight is 298 g/mol. The van der Waals surface area contributed by atoms with Crippen molar-refractivity contribution in [3.63, 3.8) is 0 Å². The zero-order valence-electron chi connectivity index (χ0n) is 12.7. The van der Waals surface area contributed by atoms with Gasteiger partial charge in [0.05, 0.1) is 11.0 Å². The van der Waals surface area contributed by atoms with E-state index in [1.54, 1.807) is 13.8 Å². The molecule has 1 aromatic rings. The number of nitrogens with zero attached hydrogens (tertiary/aromatic N) is 1. The van der Waals surface area contributed by atoms with E-state index in [0.717, 1.165) is 12.8 Å². The molecule has 1 heterocycles. The van der Waals surface area contributed by atoms with Crippen LogP contribution in [-0.2, 0) is 22.8 Å². The number of hydrogen-bond acceptors (Lipinski definition) is 3. The quantitative estimate of drug-likeness (QED) is 0.849. The molecule has 1 N–H and O–H groups in total. The zero-order chi connectivity index (χ0) is 14.8. The van der Waals surface area contributed by atoms with Gasteiger partial charge in [-0.25, -0.2) is 8.42 Å². The van der Waals surface area contributed by atoms with Gasteiger partial charge in [0, 0.05) is 25.0 Å². The lowest BCUT2D eigenvalue weighted by Gasteiger charge is -2.13. The molecule has 0 spiro atoms. The van der Waals surface area contributed by atoms with Gasteiger partial charge >= 0.3 is 0 Å². The van der Waals surface area contributed by atoms with E-state index in [-0.39, 0.29) is 11.0 Å². The second-order valence-corrected chi connectivity index (χ2v) is 8.66. The Hall–Kier alpha value is -0.810. The summed E-state index contributed by atoms with van der Waals surface area (Å²) in [4.78, 5) is 0. The van der Waals surface area contributed by atoms with Crippen molar-refractivity contribution >= 4 is 9.84 Å². The zero-order valence-corrected chi connectivity index (χ0v) is 13.5. The van der Waals surface area contributed by atoms with Crippen LogP contribution in [0.15, 0.2) is 12.4 Å². The van der Waals surface area contributed by atoms with Crippen LogP contribution in [0, 0.1) is 0 Å². The number of aryl methyl sites for hydroxylation is 2. The first-order valence-electron chi connectivity index (χ1n) is 7.51. The van der Waals surface area contributed by atoms with Gasteiger partial charge in [-0.2, -0.15) is 0 Å². The molecular weight excluding hydrogens is 272 g/mol. The Labute approximate surface area is 122 Å². The van der Waals surface area contributed by atoms with Gasteiger partial charge < -0.3 is 9.88 Å². The first-order chi connectivity index (χ1) is 9.44. The van der Waals surface area contributed by atoms with E-state index in [4.69, 9.17) is 0 Å². The van der Waals surface area contributed by atoms with Gasteiger partial charge in [-0.15, -0.1) is 0 Å². The van der Waals surface area contributed by atoms with Gasteiger partial charge in [0.1, 0.15) is 0 Å². The number of nitrogens with one attached hydrogen (secondary N) is 1. The third-order valence-corrected chi connectivity index (χ3v) is 6.45. The molecule has 0 radical (unpaired) electrons. The third-order valence-electron chi connectivity index (χ3n) is 4.26. The molecule has 1 aliphatic carbocycles. The Morgan fingerprint density at radius 2 is 2.10 bits per heavy atom. The average Bonchev–Trinajstić information content (AvgIpc) is 2.71. The minimum Gasteiger partial charge on any atom is -0.353 e. The molecule has 0 fully saturated rings. The van der Waals surface area contributed by atoms with Gasteiger partial charge in [0.2, 0.25) is 0 Å². The Morgan fingerprint density at radius 1 is 1.35 bits per heavy atom. The van der Waals surface area contributed by atoms with Gasteiger partial charge in [0.25, 0.3) is 0 Å². The molecule has 1 aromatic heterocycles. The molecule has 1 unspecified atom stereocenters. The summed E-state index contributed by atoms with van der Waals surface area (Å²) in [7, 11) is -0.960. The summed E-state index contributed by atoms with van der Waals surface area (Å²) >= 11 is 0. The summed E-state index contributed by atoms with van der Waals surface area (Å²) in [6, 6.07) is 0.412. The van der Waals surface area contributed by atoms with Crippen LogP contribution in [0.1, 0.15) is 50.3 Å². The van der Waals surface area contributed by atoms with Gasteiger partial charge in [-0.1, -0.05) is 6.42 Å². The van der Waals surface area contributed by atoms with E-state index in [0.29, 0.717) is 12.6 Å². The van der Waals surface area contributed by atoms with E-state index in [9.17, 15) is 8.42 Å². The predicted molar refractivity (Wildman–Crippen MR) is 82.7 cm³/mol. The molecule has 0 amide bonds. The summed E-state index contributed by atoms with van der Waals surface area (Å²) in [6.45, 7) is 4.05. The normalized spacial score (nSPS) is 19.9. The molecule has 0 saturated carbocycles. The highest BCUT2D eigenvalue weighted by Crippen LogP contribution is 2.29. The molecule has 5 heteroatoms. The van der Waals surface area contributed by atoms with Crippen LogP contribution in [0.2, 0.25) is 0 Å². The minimum atomic E-state index is -2.96. The largest absolute Gasteiger partial charge is 0.353 e.